The first-order valence-electron chi connectivity index (χ1n) is 6.21. The van der Waals surface area contributed by atoms with Gasteiger partial charge in [-0.3, -0.25) is 4.79 Å². The van der Waals surface area contributed by atoms with Gasteiger partial charge in [0.1, 0.15) is 0 Å². The fourth-order valence-electron chi connectivity index (χ4n) is 2.24. The lowest BCUT2D eigenvalue weighted by Gasteiger charge is -2.37. The minimum Gasteiger partial charge on any atom is -0.339 e. The van der Waals surface area contributed by atoms with Gasteiger partial charge < -0.3 is 10.6 Å². The van der Waals surface area contributed by atoms with E-state index in [2.05, 4.69) is 11.8 Å². The van der Waals surface area contributed by atoms with Crippen LogP contribution < -0.4 is 5.73 Å². The normalized spacial score (nSPS) is 22.4. The van der Waals surface area contributed by atoms with Gasteiger partial charge in [-0.2, -0.15) is 0 Å². The van der Waals surface area contributed by atoms with Crippen molar-refractivity contribution in [2.45, 2.75) is 52.0 Å². The highest BCUT2D eigenvalue weighted by molar-refractivity contribution is 5.85. The minimum atomic E-state index is 0. The minimum absolute atomic E-state index is 0. The number of carbonyl (C=O) groups excluding carboxylic acids is 1. The first kappa shape index (κ1) is 15.7. The molecule has 0 aliphatic carbocycles. The molecule has 96 valence electrons. The number of hydrogen-bond acceptors (Lipinski definition) is 2. The highest BCUT2D eigenvalue weighted by Gasteiger charge is 2.28. The van der Waals surface area contributed by atoms with Crippen molar-refractivity contribution in [3.05, 3.63) is 0 Å². The number of nitrogens with two attached hydrogens (primary N) is 1. The Labute approximate surface area is 105 Å². The van der Waals surface area contributed by atoms with Gasteiger partial charge in [-0.1, -0.05) is 13.8 Å². The zero-order valence-corrected chi connectivity index (χ0v) is 11.3. The Morgan fingerprint density at radius 1 is 1.50 bits per heavy atom. The summed E-state index contributed by atoms with van der Waals surface area (Å²) in [6, 6.07) is 0.408. The van der Waals surface area contributed by atoms with Crippen molar-refractivity contribution in [2.24, 2.45) is 11.7 Å². The number of hydrogen-bond donors (Lipinski definition) is 1. The van der Waals surface area contributed by atoms with Gasteiger partial charge in [0.05, 0.1) is 0 Å². The van der Waals surface area contributed by atoms with Crippen LogP contribution in [-0.4, -0.2) is 29.9 Å². The molecule has 0 bridgehead atoms. The van der Waals surface area contributed by atoms with Crippen molar-refractivity contribution in [1.82, 2.24) is 4.90 Å². The number of nitrogens with zero attached hydrogens (tertiary/aromatic N) is 1. The molecule has 1 rings (SSSR count). The summed E-state index contributed by atoms with van der Waals surface area (Å²) >= 11 is 0. The molecule has 0 aromatic carbocycles. The van der Waals surface area contributed by atoms with Crippen molar-refractivity contribution >= 4 is 18.3 Å². The molecule has 16 heavy (non-hydrogen) atoms. The van der Waals surface area contributed by atoms with Crippen molar-refractivity contribution < 1.29 is 4.79 Å². The van der Waals surface area contributed by atoms with E-state index in [1.54, 1.807) is 0 Å². The van der Waals surface area contributed by atoms with Crippen LogP contribution in [0.15, 0.2) is 0 Å². The first-order chi connectivity index (χ1) is 7.20. The third-order valence-electron chi connectivity index (χ3n) is 3.44. The second-order valence-corrected chi connectivity index (χ2v) is 4.57. The summed E-state index contributed by atoms with van der Waals surface area (Å²) in [4.78, 5) is 14.2. The molecule has 2 N–H and O–H groups in total. The van der Waals surface area contributed by atoms with Crippen LogP contribution in [-0.2, 0) is 4.79 Å². The average Bonchev–Trinajstić information content (AvgIpc) is 2.28. The molecule has 2 atom stereocenters. The number of carbonyl (C=O) groups is 1. The van der Waals surface area contributed by atoms with Crippen LogP contribution in [0.4, 0.5) is 0 Å². The van der Waals surface area contributed by atoms with Crippen LogP contribution in [0.3, 0.4) is 0 Å². The zero-order chi connectivity index (χ0) is 11.3. The maximum Gasteiger partial charge on any atom is 0.225 e. The summed E-state index contributed by atoms with van der Waals surface area (Å²) in [6.07, 6.45) is 5.43. The van der Waals surface area contributed by atoms with E-state index in [1.165, 1.54) is 6.42 Å². The van der Waals surface area contributed by atoms with Gasteiger partial charge in [-0.25, -0.2) is 0 Å². The molecule has 1 aliphatic heterocycles. The number of halogens is 1. The van der Waals surface area contributed by atoms with Crippen LogP contribution in [0, 0.1) is 5.92 Å². The van der Waals surface area contributed by atoms with E-state index in [9.17, 15) is 4.79 Å². The largest absolute Gasteiger partial charge is 0.339 e. The third-order valence-corrected chi connectivity index (χ3v) is 3.44. The Kier molecular flexibility index (Phi) is 7.77. The Hall–Kier alpha value is -0.280. The molecular formula is C12H25ClN2O. The molecular weight excluding hydrogens is 224 g/mol. The first-order valence-corrected chi connectivity index (χ1v) is 6.21. The molecule has 1 saturated heterocycles. The van der Waals surface area contributed by atoms with Crippen LogP contribution in [0.1, 0.15) is 46.0 Å². The fourth-order valence-corrected chi connectivity index (χ4v) is 2.24. The Bertz CT molecular complexity index is 209. The van der Waals surface area contributed by atoms with Crippen molar-refractivity contribution in [3.63, 3.8) is 0 Å². The molecule has 0 aromatic rings. The second kappa shape index (κ2) is 7.91. The summed E-state index contributed by atoms with van der Waals surface area (Å²) in [5, 5.41) is 0. The molecule has 2 unspecified atom stereocenters. The van der Waals surface area contributed by atoms with E-state index in [0.717, 1.165) is 32.2 Å². The van der Waals surface area contributed by atoms with Crippen LogP contribution >= 0.6 is 12.4 Å². The molecule has 0 spiro atoms. The van der Waals surface area contributed by atoms with Gasteiger partial charge >= 0.3 is 0 Å². The van der Waals surface area contributed by atoms with Crippen LogP contribution in [0.2, 0.25) is 0 Å². The molecule has 1 fully saturated rings. The van der Waals surface area contributed by atoms with Gasteiger partial charge in [0.2, 0.25) is 5.91 Å². The van der Waals surface area contributed by atoms with Crippen LogP contribution in [0.25, 0.3) is 0 Å². The molecule has 1 heterocycles. The lowest BCUT2D eigenvalue weighted by Crippen LogP contribution is -2.46. The summed E-state index contributed by atoms with van der Waals surface area (Å²) in [6.45, 7) is 5.73. The summed E-state index contributed by atoms with van der Waals surface area (Å²) in [5.41, 5.74) is 5.59. The Morgan fingerprint density at radius 2 is 2.19 bits per heavy atom. The summed E-state index contributed by atoms with van der Waals surface area (Å²) in [7, 11) is 0. The standard InChI is InChI=1S/C12H24N2O.ClH/c1-3-10(2)12(15)14-9-5-4-6-11(14)7-8-13;/h10-11H,3-9,13H2,1-2H3;1H. The number of rotatable bonds is 4. The highest BCUT2D eigenvalue weighted by atomic mass is 35.5. The third kappa shape index (κ3) is 3.95. The van der Waals surface area contributed by atoms with E-state index in [0.29, 0.717) is 18.5 Å². The second-order valence-electron chi connectivity index (χ2n) is 4.57. The van der Waals surface area contributed by atoms with Crippen molar-refractivity contribution in [2.75, 3.05) is 13.1 Å². The van der Waals surface area contributed by atoms with E-state index >= 15 is 0 Å². The molecule has 0 radical (unpaired) electrons. The van der Waals surface area contributed by atoms with Gasteiger partial charge in [0.15, 0.2) is 0 Å². The molecule has 0 aromatic heterocycles. The van der Waals surface area contributed by atoms with Gasteiger partial charge in [-0.15, -0.1) is 12.4 Å². The predicted octanol–water partition coefficient (Wildman–Crippen LogP) is 2.18. The Morgan fingerprint density at radius 3 is 2.75 bits per heavy atom. The zero-order valence-electron chi connectivity index (χ0n) is 10.4. The van der Waals surface area contributed by atoms with E-state index in [4.69, 9.17) is 5.73 Å². The van der Waals surface area contributed by atoms with Crippen molar-refractivity contribution in [3.8, 4) is 0 Å². The molecule has 4 heteroatoms. The van der Waals surface area contributed by atoms with Crippen molar-refractivity contribution in [1.29, 1.82) is 0 Å². The molecule has 3 nitrogen and oxygen atoms in total. The van der Waals surface area contributed by atoms with Gasteiger partial charge in [-0.05, 0) is 38.6 Å². The smallest absolute Gasteiger partial charge is 0.225 e. The lowest BCUT2D eigenvalue weighted by atomic mass is 9.96. The molecule has 0 saturated carbocycles. The number of piperidine rings is 1. The monoisotopic (exact) mass is 248 g/mol. The van der Waals surface area contributed by atoms with Gasteiger partial charge in [0, 0.05) is 18.5 Å². The van der Waals surface area contributed by atoms with E-state index < -0.39 is 0 Å². The maximum absolute atomic E-state index is 12.1. The summed E-state index contributed by atoms with van der Waals surface area (Å²) < 4.78 is 0. The maximum atomic E-state index is 12.1. The number of amides is 1. The summed E-state index contributed by atoms with van der Waals surface area (Å²) in [5.74, 6) is 0.499. The number of likely N-dealkylation sites (tertiary alicyclic amines) is 1. The van der Waals surface area contributed by atoms with E-state index in [-0.39, 0.29) is 18.3 Å². The lowest BCUT2D eigenvalue weighted by molar-refractivity contribution is -0.138. The fraction of sp³-hybridized carbons (Fsp3) is 0.917. The van der Waals surface area contributed by atoms with Gasteiger partial charge in [0.25, 0.3) is 0 Å². The topological polar surface area (TPSA) is 46.3 Å². The van der Waals surface area contributed by atoms with E-state index in [1.807, 2.05) is 6.92 Å². The highest BCUT2D eigenvalue weighted by Crippen LogP contribution is 2.22. The Balaban J connectivity index is 0.00000225. The van der Waals surface area contributed by atoms with Crippen LogP contribution in [0.5, 0.6) is 0 Å². The predicted molar refractivity (Wildman–Crippen MR) is 69.7 cm³/mol. The molecule has 1 aliphatic rings. The average molecular weight is 249 g/mol. The SMILES string of the molecule is CCC(C)C(=O)N1CCCCC1CCN.Cl. The quantitative estimate of drug-likeness (QED) is 0.829. The molecule has 1 amide bonds.